The number of carbonyl (C=O) groups is 3. The number of nitrogens with zero attached hydrogens (tertiary/aromatic N) is 4. The van der Waals surface area contributed by atoms with Crippen LogP contribution in [0.15, 0.2) is 24.3 Å². The fourth-order valence-electron chi connectivity index (χ4n) is 4.45. The largest absolute Gasteiger partial charge is 0.481 e. The zero-order valence-electron chi connectivity index (χ0n) is 21.6. The molecule has 1 saturated heterocycles. The van der Waals surface area contributed by atoms with Crippen LogP contribution in [-0.2, 0) is 16.1 Å². The number of carbonyl (C=O) groups excluding carboxylic acids is 2. The molecule has 12 heteroatoms. The van der Waals surface area contributed by atoms with Crippen LogP contribution in [0.5, 0.6) is 0 Å². The van der Waals surface area contributed by atoms with Crippen molar-refractivity contribution in [3.8, 4) is 0 Å². The molecule has 0 aliphatic carbocycles. The van der Waals surface area contributed by atoms with Crippen molar-refractivity contribution in [2.75, 3.05) is 19.6 Å². The lowest BCUT2D eigenvalue weighted by atomic mass is 9.92. The molecule has 0 spiro atoms. The van der Waals surface area contributed by atoms with E-state index in [1.54, 1.807) is 32.9 Å². The summed E-state index contributed by atoms with van der Waals surface area (Å²) >= 11 is 0. The molecule has 9 nitrogen and oxygen atoms in total. The number of imidazole rings is 1. The summed E-state index contributed by atoms with van der Waals surface area (Å²) in [5.74, 6) is -3.36. The van der Waals surface area contributed by atoms with E-state index < -0.39 is 48.3 Å². The quantitative estimate of drug-likeness (QED) is 0.598. The zero-order valence-corrected chi connectivity index (χ0v) is 21.6. The predicted octanol–water partition coefficient (Wildman–Crippen LogP) is 4.41. The second-order valence-electron chi connectivity index (χ2n) is 10.8. The van der Waals surface area contributed by atoms with E-state index in [0.29, 0.717) is 0 Å². The highest BCUT2D eigenvalue weighted by molar-refractivity contribution is 5.95. The van der Waals surface area contributed by atoms with E-state index in [2.05, 4.69) is 4.98 Å². The van der Waals surface area contributed by atoms with Crippen molar-refractivity contribution in [3.05, 3.63) is 30.1 Å². The average Bonchev–Trinajstić information content (AvgIpc) is 3.12. The SMILES string of the molecule is CC(C)CN(C(=O)c1nc2ccccc2n1CC(F)(F)F)[C@H]1C[C@@H](C(=O)O)CN(C(=O)OC(C)(C)C)C1. The summed E-state index contributed by atoms with van der Waals surface area (Å²) in [5, 5.41) is 9.75. The maximum atomic E-state index is 13.8. The first-order valence-electron chi connectivity index (χ1n) is 12.1. The Kier molecular flexibility index (Phi) is 8.09. The predicted molar refractivity (Wildman–Crippen MR) is 129 cm³/mol. The van der Waals surface area contributed by atoms with Gasteiger partial charge >= 0.3 is 18.2 Å². The number of halogens is 3. The lowest BCUT2D eigenvalue weighted by Gasteiger charge is -2.42. The number of ether oxygens (including phenoxy) is 1. The Balaban J connectivity index is 2.03. The summed E-state index contributed by atoms with van der Waals surface area (Å²) in [6.07, 6.45) is -5.29. The molecule has 0 unspecified atom stereocenters. The number of para-hydroxylation sites is 2. The summed E-state index contributed by atoms with van der Waals surface area (Å²) < 4.78 is 46.7. The summed E-state index contributed by atoms with van der Waals surface area (Å²) in [6, 6.07) is 5.40. The monoisotopic (exact) mass is 526 g/mol. The van der Waals surface area contributed by atoms with Gasteiger partial charge in [-0.05, 0) is 45.2 Å². The number of amides is 2. The highest BCUT2D eigenvalue weighted by Gasteiger charge is 2.41. The Bertz CT molecular complexity index is 1160. The van der Waals surface area contributed by atoms with Gasteiger partial charge in [-0.25, -0.2) is 9.78 Å². The summed E-state index contributed by atoms with van der Waals surface area (Å²) in [7, 11) is 0. The minimum atomic E-state index is -4.60. The lowest BCUT2D eigenvalue weighted by Crippen LogP contribution is -2.57. The van der Waals surface area contributed by atoms with Gasteiger partial charge in [-0.15, -0.1) is 0 Å². The molecule has 204 valence electrons. The number of fused-ring (bicyclic) bond motifs is 1. The van der Waals surface area contributed by atoms with Crippen molar-refractivity contribution in [1.29, 1.82) is 0 Å². The summed E-state index contributed by atoms with van der Waals surface area (Å²) in [6.45, 7) is 7.32. The standard InChI is InChI=1S/C25H33F3N4O5/c1-15(2)11-31(17-10-16(22(34)35)12-30(13-17)23(36)37-24(3,4)5)21(33)20-29-18-8-6-7-9-19(18)32(20)14-25(26,27)28/h6-9,15-17H,10-14H2,1-5H3,(H,34,35)/t16-,17+/m1/s1. The fourth-order valence-corrected chi connectivity index (χ4v) is 4.45. The number of rotatable bonds is 6. The van der Waals surface area contributed by atoms with Crippen molar-refractivity contribution in [1.82, 2.24) is 19.4 Å². The van der Waals surface area contributed by atoms with Gasteiger partial charge in [-0.3, -0.25) is 9.59 Å². The third-order valence-corrected chi connectivity index (χ3v) is 5.88. The number of hydrogen-bond acceptors (Lipinski definition) is 5. The number of hydrogen-bond donors (Lipinski definition) is 1. The fraction of sp³-hybridized carbons (Fsp3) is 0.600. The van der Waals surface area contributed by atoms with Crippen molar-refractivity contribution < 1.29 is 37.4 Å². The van der Waals surface area contributed by atoms with Gasteiger partial charge in [0, 0.05) is 19.6 Å². The highest BCUT2D eigenvalue weighted by atomic mass is 19.4. The van der Waals surface area contributed by atoms with Crippen LogP contribution in [0.3, 0.4) is 0 Å². The number of aliphatic carboxylic acids is 1. The lowest BCUT2D eigenvalue weighted by molar-refractivity contribution is -0.144. The maximum absolute atomic E-state index is 13.8. The Morgan fingerprint density at radius 2 is 1.81 bits per heavy atom. The number of carboxylic acids is 1. The van der Waals surface area contributed by atoms with E-state index in [9.17, 15) is 32.7 Å². The van der Waals surface area contributed by atoms with Gasteiger partial charge in [0.15, 0.2) is 0 Å². The number of piperidine rings is 1. The van der Waals surface area contributed by atoms with Crippen molar-refractivity contribution in [2.45, 2.75) is 65.4 Å². The number of carboxylic acid groups (broad SMARTS) is 1. The van der Waals surface area contributed by atoms with Crippen LogP contribution in [0.4, 0.5) is 18.0 Å². The molecule has 1 fully saturated rings. The van der Waals surface area contributed by atoms with Gasteiger partial charge in [-0.2, -0.15) is 13.2 Å². The summed E-state index contributed by atoms with van der Waals surface area (Å²) in [4.78, 5) is 45.4. The molecule has 1 aliphatic heterocycles. The summed E-state index contributed by atoms with van der Waals surface area (Å²) in [5.41, 5.74) is -0.421. The molecule has 3 rings (SSSR count). The molecule has 1 aliphatic rings. The molecule has 1 aromatic heterocycles. The molecular weight excluding hydrogens is 493 g/mol. The minimum Gasteiger partial charge on any atom is -0.481 e. The third kappa shape index (κ3) is 7.14. The Labute approximate surface area is 213 Å². The first-order valence-corrected chi connectivity index (χ1v) is 12.1. The van der Waals surface area contributed by atoms with Crippen LogP contribution < -0.4 is 0 Å². The van der Waals surface area contributed by atoms with Crippen LogP contribution in [0, 0.1) is 11.8 Å². The van der Waals surface area contributed by atoms with Gasteiger partial charge in [0.2, 0.25) is 5.82 Å². The second-order valence-corrected chi connectivity index (χ2v) is 10.8. The Morgan fingerprint density at radius 1 is 1.16 bits per heavy atom. The smallest absolute Gasteiger partial charge is 0.410 e. The van der Waals surface area contributed by atoms with Gasteiger partial charge in [0.05, 0.1) is 23.0 Å². The van der Waals surface area contributed by atoms with E-state index in [0.717, 1.165) is 4.57 Å². The molecule has 1 N–H and O–H groups in total. The molecule has 0 saturated carbocycles. The first kappa shape index (κ1) is 28.3. The normalized spacial score (nSPS) is 18.8. The van der Waals surface area contributed by atoms with Gasteiger partial charge in [0.1, 0.15) is 12.1 Å². The number of benzene rings is 1. The van der Waals surface area contributed by atoms with Gasteiger partial charge in [0.25, 0.3) is 5.91 Å². The molecule has 2 aromatic rings. The first-order chi connectivity index (χ1) is 17.1. The van der Waals surface area contributed by atoms with Crippen molar-refractivity contribution in [3.63, 3.8) is 0 Å². The van der Waals surface area contributed by atoms with Gasteiger partial charge in [-0.1, -0.05) is 26.0 Å². The minimum absolute atomic E-state index is 0.0172. The van der Waals surface area contributed by atoms with Crippen LogP contribution in [-0.4, -0.2) is 79.9 Å². The third-order valence-electron chi connectivity index (χ3n) is 5.88. The number of likely N-dealkylation sites (tertiary alicyclic amines) is 1. The van der Waals surface area contributed by atoms with Crippen LogP contribution in [0.1, 0.15) is 51.7 Å². The van der Waals surface area contributed by atoms with Gasteiger partial charge < -0.3 is 24.2 Å². The van der Waals surface area contributed by atoms with E-state index >= 15 is 0 Å². The molecule has 2 heterocycles. The van der Waals surface area contributed by atoms with Crippen molar-refractivity contribution in [2.24, 2.45) is 11.8 Å². The zero-order chi connectivity index (χ0) is 27.7. The van der Waals surface area contributed by atoms with Crippen LogP contribution in [0.25, 0.3) is 11.0 Å². The molecule has 1 aromatic carbocycles. The van der Waals surface area contributed by atoms with E-state index in [1.165, 1.54) is 21.9 Å². The van der Waals surface area contributed by atoms with Crippen molar-refractivity contribution >= 4 is 29.0 Å². The number of aromatic nitrogens is 2. The molecule has 2 amide bonds. The van der Waals surface area contributed by atoms with Crippen LogP contribution >= 0.6 is 0 Å². The average molecular weight is 527 g/mol. The highest BCUT2D eigenvalue weighted by Crippen LogP contribution is 2.28. The molecule has 0 bridgehead atoms. The molecule has 0 radical (unpaired) electrons. The second kappa shape index (κ2) is 10.6. The molecule has 37 heavy (non-hydrogen) atoms. The molecular formula is C25H33F3N4O5. The van der Waals surface area contributed by atoms with E-state index in [-0.39, 0.29) is 48.8 Å². The maximum Gasteiger partial charge on any atom is 0.410 e. The Morgan fingerprint density at radius 3 is 2.38 bits per heavy atom. The topological polar surface area (TPSA) is 105 Å². The Hall–Kier alpha value is -3.31. The van der Waals surface area contributed by atoms with E-state index in [1.807, 2.05) is 13.8 Å². The number of alkyl halides is 3. The van der Waals surface area contributed by atoms with E-state index in [4.69, 9.17) is 4.74 Å². The molecule has 2 atom stereocenters. The van der Waals surface area contributed by atoms with Crippen LogP contribution in [0.2, 0.25) is 0 Å².